The van der Waals surface area contributed by atoms with Crippen LogP contribution in [0.3, 0.4) is 0 Å². The molecule has 104 valence electrons. The topological polar surface area (TPSA) is 87.7 Å². The molecule has 1 rings (SSSR count). The minimum Gasteiger partial charge on any atom is -0.481 e. The molecular formula is C12H22N2O4. The molecular weight excluding hydrogens is 236 g/mol. The van der Waals surface area contributed by atoms with Crippen LogP contribution in [0.25, 0.3) is 0 Å². The molecule has 1 fully saturated rings. The van der Waals surface area contributed by atoms with E-state index in [1.54, 1.807) is 0 Å². The summed E-state index contributed by atoms with van der Waals surface area (Å²) in [4.78, 5) is 21.9. The second kappa shape index (κ2) is 7.92. The van der Waals surface area contributed by atoms with Crippen LogP contribution in [-0.2, 0) is 9.53 Å². The van der Waals surface area contributed by atoms with Gasteiger partial charge in [-0.1, -0.05) is 6.92 Å². The number of hydrogen-bond acceptors (Lipinski definition) is 3. The number of ether oxygens (including phenoxy) is 1. The van der Waals surface area contributed by atoms with Gasteiger partial charge in [0.25, 0.3) is 0 Å². The maximum Gasteiger partial charge on any atom is 0.315 e. The van der Waals surface area contributed by atoms with Crippen molar-refractivity contribution in [2.45, 2.75) is 38.6 Å². The summed E-state index contributed by atoms with van der Waals surface area (Å²) in [5, 5.41) is 14.2. The number of carboxylic acid groups (broad SMARTS) is 1. The molecule has 0 aromatic rings. The Morgan fingerprint density at radius 1 is 1.44 bits per heavy atom. The second-order valence-electron chi connectivity index (χ2n) is 4.79. The summed E-state index contributed by atoms with van der Waals surface area (Å²) >= 11 is 0. The average molecular weight is 258 g/mol. The van der Waals surface area contributed by atoms with Gasteiger partial charge in [-0.15, -0.1) is 0 Å². The standard InChI is InChI=1S/C12H22N2O4/c1-9(2-3-11(15)16)4-6-13-12(17)14-10-5-7-18-8-10/h9-10H,2-8H2,1H3,(H,15,16)(H2,13,14,17). The lowest BCUT2D eigenvalue weighted by molar-refractivity contribution is -0.137. The molecule has 0 radical (unpaired) electrons. The smallest absolute Gasteiger partial charge is 0.315 e. The molecule has 0 bridgehead atoms. The molecule has 0 aromatic carbocycles. The number of aliphatic carboxylic acids is 1. The number of carboxylic acids is 1. The summed E-state index contributed by atoms with van der Waals surface area (Å²) < 4.78 is 5.16. The molecule has 3 N–H and O–H groups in total. The number of carbonyl (C=O) groups is 2. The Morgan fingerprint density at radius 3 is 2.83 bits per heavy atom. The fraction of sp³-hybridized carbons (Fsp3) is 0.833. The Labute approximate surface area is 107 Å². The highest BCUT2D eigenvalue weighted by Crippen LogP contribution is 2.09. The van der Waals surface area contributed by atoms with E-state index in [2.05, 4.69) is 10.6 Å². The average Bonchev–Trinajstić information content (AvgIpc) is 2.79. The molecule has 2 unspecified atom stereocenters. The first-order chi connectivity index (χ1) is 8.58. The quantitative estimate of drug-likeness (QED) is 0.635. The number of hydrogen-bond donors (Lipinski definition) is 3. The van der Waals surface area contributed by atoms with Crippen LogP contribution in [0.4, 0.5) is 4.79 Å². The minimum absolute atomic E-state index is 0.120. The predicted octanol–water partition coefficient (Wildman–Crippen LogP) is 0.965. The van der Waals surface area contributed by atoms with Crippen molar-refractivity contribution >= 4 is 12.0 Å². The zero-order valence-corrected chi connectivity index (χ0v) is 10.8. The summed E-state index contributed by atoms with van der Waals surface area (Å²) in [5.74, 6) is -0.468. The van der Waals surface area contributed by atoms with Gasteiger partial charge in [-0.2, -0.15) is 0 Å². The van der Waals surface area contributed by atoms with Crippen molar-refractivity contribution < 1.29 is 19.4 Å². The molecule has 1 aliphatic heterocycles. The number of amides is 2. The van der Waals surface area contributed by atoms with E-state index < -0.39 is 5.97 Å². The van der Waals surface area contributed by atoms with Gasteiger partial charge in [0.15, 0.2) is 0 Å². The van der Waals surface area contributed by atoms with Gasteiger partial charge in [0.05, 0.1) is 12.6 Å². The first-order valence-electron chi connectivity index (χ1n) is 6.42. The maximum atomic E-state index is 11.5. The Morgan fingerprint density at radius 2 is 2.22 bits per heavy atom. The first kappa shape index (κ1) is 14.8. The number of nitrogens with one attached hydrogen (secondary N) is 2. The van der Waals surface area contributed by atoms with Gasteiger partial charge in [0, 0.05) is 19.6 Å². The van der Waals surface area contributed by atoms with Crippen LogP contribution >= 0.6 is 0 Å². The van der Waals surface area contributed by atoms with E-state index in [1.807, 2.05) is 6.92 Å². The maximum absolute atomic E-state index is 11.5. The van der Waals surface area contributed by atoms with Crippen LogP contribution < -0.4 is 10.6 Å². The fourth-order valence-electron chi connectivity index (χ4n) is 1.83. The molecule has 18 heavy (non-hydrogen) atoms. The van der Waals surface area contributed by atoms with Gasteiger partial charge in [-0.25, -0.2) is 4.79 Å². The lowest BCUT2D eigenvalue weighted by Gasteiger charge is -2.13. The molecule has 0 spiro atoms. The summed E-state index contributed by atoms with van der Waals surface area (Å²) in [6.07, 6.45) is 2.49. The molecule has 0 saturated carbocycles. The lowest BCUT2D eigenvalue weighted by Crippen LogP contribution is -2.42. The third-order valence-corrected chi connectivity index (χ3v) is 3.04. The molecule has 1 heterocycles. The van der Waals surface area contributed by atoms with Crippen LogP contribution in [0.15, 0.2) is 0 Å². The summed E-state index contributed by atoms with van der Waals surface area (Å²) in [5.41, 5.74) is 0. The van der Waals surface area contributed by atoms with Crippen molar-refractivity contribution in [1.29, 1.82) is 0 Å². The zero-order chi connectivity index (χ0) is 13.4. The van der Waals surface area contributed by atoms with Gasteiger partial charge in [0.2, 0.25) is 0 Å². The molecule has 2 atom stereocenters. The molecule has 0 aliphatic carbocycles. The second-order valence-corrected chi connectivity index (χ2v) is 4.79. The van der Waals surface area contributed by atoms with Crippen LogP contribution in [0, 0.1) is 5.92 Å². The molecule has 1 aliphatic rings. The van der Waals surface area contributed by atoms with Crippen LogP contribution in [0.5, 0.6) is 0 Å². The van der Waals surface area contributed by atoms with E-state index in [0.29, 0.717) is 32.1 Å². The van der Waals surface area contributed by atoms with Crippen LogP contribution in [0.1, 0.15) is 32.6 Å². The van der Waals surface area contributed by atoms with Crippen LogP contribution in [-0.4, -0.2) is 42.9 Å². The first-order valence-corrected chi connectivity index (χ1v) is 6.42. The fourth-order valence-corrected chi connectivity index (χ4v) is 1.83. The summed E-state index contributed by atoms with van der Waals surface area (Å²) in [6.45, 7) is 3.85. The molecule has 0 aromatic heterocycles. The highest BCUT2D eigenvalue weighted by Gasteiger charge is 2.17. The Bertz CT molecular complexity index is 277. The third-order valence-electron chi connectivity index (χ3n) is 3.04. The highest BCUT2D eigenvalue weighted by molar-refractivity contribution is 5.74. The Hall–Kier alpha value is -1.30. The van der Waals surface area contributed by atoms with E-state index in [0.717, 1.165) is 12.8 Å². The van der Waals surface area contributed by atoms with E-state index in [1.165, 1.54) is 0 Å². The summed E-state index contributed by atoms with van der Waals surface area (Å²) in [6, 6.07) is -0.0506. The highest BCUT2D eigenvalue weighted by atomic mass is 16.5. The number of urea groups is 1. The normalized spacial score (nSPS) is 20.4. The third kappa shape index (κ3) is 6.44. The predicted molar refractivity (Wildman–Crippen MR) is 66.4 cm³/mol. The van der Waals surface area contributed by atoms with Crippen molar-refractivity contribution in [3.05, 3.63) is 0 Å². The SMILES string of the molecule is CC(CCNC(=O)NC1CCOC1)CCC(=O)O. The van der Waals surface area contributed by atoms with Gasteiger partial charge in [0.1, 0.15) is 0 Å². The largest absolute Gasteiger partial charge is 0.481 e. The van der Waals surface area contributed by atoms with Gasteiger partial charge < -0.3 is 20.5 Å². The van der Waals surface area contributed by atoms with Gasteiger partial charge in [-0.05, 0) is 25.2 Å². The molecule has 2 amide bonds. The Kier molecular flexibility index (Phi) is 6.49. The zero-order valence-electron chi connectivity index (χ0n) is 10.8. The molecule has 6 nitrogen and oxygen atoms in total. The lowest BCUT2D eigenvalue weighted by atomic mass is 10.0. The van der Waals surface area contributed by atoms with Crippen molar-refractivity contribution in [3.8, 4) is 0 Å². The van der Waals surface area contributed by atoms with Gasteiger partial charge in [-0.3, -0.25) is 4.79 Å². The van der Waals surface area contributed by atoms with E-state index in [-0.39, 0.29) is 18.5 Å². The van der Waals surface area contributed by atoms with Crippen molar-refractivity contribution in [2.75, 3.05) is 19.8 Å². The Balaban J connectivity index is 2.02. The van der Waals surface area contributed by atoms with E-state index in [9.17, 15) is 9.59 Å². The van der Waals surface area contributed by atoms with E-state index >= 15 is 0 Å². The number of carbonyl (C=O) groups excluding carboxylic acids is 1. The minimum atomic E-state index is -0.770. The van der Waals surface area contributed by atoms with Crippen molar-refractivity contribution in [3.63, 3.8) is 0 Å². The van der Waals surface area contributed by atoms with Crippen molar-refractivity contribution in [2.24, 2.45) is 5.92 Å². The van der Waals surface area contributed by atoms with Crippen LogP contribution in [0.2, 0.25) is 0 Å². The van der Waals surface area contributed by atoms with Crippen molar-refractivity contribution in [1.82, 2.24) is 10.6 Å². The van der Waals surface area contributed by atoms with E-state index in [4.69, 9.17) is 9.84 Å². The monoisotopic (exact) mass is 258 g/mol. The summed E-state index contributed by atoms with van der Waals surface area (Å²) in [7, 11) is 0. The molecule has 1 saturated heterocycles. The molecule has 6 heteroatoms. The van der Waals surface area contributed by atoms with Gasteiger partial charge >= 0.3 is 12.0 Å². The number of rotatable bonds is 7.